The topological polar surface area (TPSA) is 101 Å². The van der Waals surface area contributed by atoms with Crippen LogP contribution in [0.15, 0.2) is 65.5 Å². The van der Waals surface area contributed by atoms with Gasteiger partial charge in [0.05, 0.1) is 18.2 Å². The van der Waals surface area contributed by atoms with Crippen LogP contribution < -0.4 is 10.5 Å². The van der Waals surface area contributed by atoms with E-state index in [0.717, 1.165) is 41.0 Å². The Morgan fingerprint density at radius 1 is 1.11 bits per heavy atom. The molecule has 2 aromatic heterocycles. The van der Waals surface area contributed by atoms with Gasteiger partial charge in [0.2, 0.25) is 0 Å². The van der Waals surface area contributed by atoms with Crippen LogP contribution in [0.1, 0.15) is 22.6 Å². The van der Waals surface area contributed by atoms with E-state index in [-0.39, 0.29) is 5.84 Å². The van der Waals surface area contributed by atoms with Crippen molar-refractivity contribution in [3.05, 3.63) is 83.6 Å². The maximum atomic E-state index is 7.53. The fourth-order valence-corrected chi connectivity index (χ4v) is 2.93. The lowest BCUT2D eigenvalue weighted by Crippen LogP contribution is -2.10. The van der Waals surface area contributed by atoms with Crippen molar-refractivity contribution >= 4 is 16.8 Å². The summed E-state index contributed by atoms with van der Waals surface area (Å²) < 4.78 is 11.6. The highest BCUT2D eigenvalue weighted by Gasteiger charge is 2.07. The molecule has 0 saturated heterocycles. The third-order valence-electron chi connectivity index (χ3n) is 4.41. The zero-order valence-electron chi connectivity index (χ0n) is 14.7. The zero-order valence-corrected chi connectivity index (χ0v) is 14.7. The zero-order chi connectivity index (χ0) is 18.6. The molecule has 0 unspecified atom stereocenters. The molecule has 0 aliphatic rings. The van der Waals surface area contributed by atoms with E-state index >= 15 is 0 Å². The second kappa shape index (κ2) is 7.37. The van der Waals surface area contributed by atoms with Gasteiger partial charge in [0.15, 0.2) is 0 Å². The Kier molecular flexibility index (Phi) is 4.61. The molecule has 0 fully saturated rings. The van der Waals surface area contributed by atoms with Gasteiger partial charge in [-0.3, -0.25) is 5.41 Å². The van der Waals surface area contributed by atoms with Gasteiger partial charge in [-0.25, -0.2) is 4.98 Å². The molecule has 0 aliphatic carbocycles. The normalized spacial score (nSPS) is 11.0. The first-order valence-electron chi connectivity index (χ1n) is 8.73. The number of imidazole rings is 1. The molecule has 136 valence electrons. The number of amidine groups is 1. The fraction of sp³-hybridized carbons (Fsp3) is 0.143. The Morgan fingerprint density at radius 2 is 1.96 bits per heavy atom. The van der Waals surface area contributed by atoms with E-state index in [1.54, 1.807) is 18.6 Å². The van der Waals surface area contributed by atoms with Crippen LogP contribution in [-0.4, -0.2) is 15.8 Å². The Bertz CT molecular complexity index is 1050. The SMILES string of the molecule is N=C(N)c1ccc2oc(CCc3ccc(OCc4cnc[nH]4)cc3)cc2c1. The van der Waals surface area contributed by atoms with Gasteiger partial charge < -0.3 is 19.9 Å². The molecule has 4 aromatic rings. The largest absolute Gasteiger partial charge is 0.487 e. The van der Waals surface area contributed by atoms with Crippen molar-refractivity contribution in [3.8, 4) is 5.75 Å². The maximum Gasteiger partial charge on any atom is 0.134 e. The lowest BCUT2D eigenvalue weighted by molar-refractivity contribution is 0.302. The number of benzene rings is 2. The molecule has 0 aliphatic heterocycles. The highest BCUT2D eigenvalue weighted by molar-refractivity contribution is 5.98. The van der Waals surface area contributed by atoms with Crippen LogP contribution in [-0.2, 0) is 19.4 Å². The van der Waals surface area contributed by atoms with E-state index in [2.05, 4.69) is 22.1 Å². The Balaban J connectivity index is 1.36. The van der Waals surface area contributed by atoms with E-state index in [0.29, 0.717) is 12.2 Å². The van der Waals surface area contributed by atoms with Gasteiger partial charge in [0.1, 0.15) is 29.5 Å². The Hall–Kier alpha value is -3.54. The predicted octanol–water partition coefficient (Wildman–Crippen LogP) is 3.80. The molecule has 0 saturated carbocycles. The first-order valence-corrected chi connectivity index (χ1v) is 8.73. The molecule has 2 heterocycles. The minimum Gasteiger partial charge on any atom is -0.487 e. The monoisotopic (exact) mass is 360 g/mol. The van der Waals surface area contributed by atoms with Crippen LogP contribution in [0, 0.1) is 5.41 Å². The van der Waals surface area contributed by atoms with Crippen LogP contribution in [0.2, 0.25) is 0 Å². The molecular formula is C21H20N4O2. The number of fused-ring (bicyclic) bond motifs is 1. The van der Waals surface area contributed by atoms with E-state index in [4.69, 9.17) is 20.3 Å². The van der Waals surface area contributed by atoms with Crippen molar-refractivity contribution in [2.24, 2.45) is 5.73 Å². The number of nitrogens with zero attached hydrogens (tertiary/aromatic N) is 1. The third-order valence-corrected chi connectivity index (χ3v) is 4.41. The highest BCUT2D eigenvalue weighted by atomic mass is 16.5. The quantitative estimate of drug-likeness (QED) is 0.345. The predicted molar refractivity (Wildman–Crippen MR) is 104 cm³/mol. The summed E-state index contributed by atoms with van der Waals surface area (Å²) in [6, 6.07) is 15.7. The molecule has 27 heavy (non-hydrogen) atoms. The van der Waals surface area contributed by atoms with Gasteiger partial charge in [-0.2, -0.15) is 0 Å². The number of furan rings is 1. The summed E-state index contributed by atoms with van der Waals surface area (Å²) >= 11 is 0. The average molecular weight is 360 g/mol. The second-order valence-electron chi connectivity index (χ2n) is 6.39. The smallest absolute Gasteiger partial charge is 0.134 e. The number of aromatic nitrogens is 2. The summed E-state index contributed by atoms with van der Waals surface area (Å²) in [6.45, 7) is 0.473. The standard InChI is InChI=1S/C21H20N4O2/c22-21(23)15-4-8-20-16(9-15)10-19(27-20)7-3-14-1-5-18(6-2-14)26-12-17-11-24-13-25-17/h1-2,4-6,8-11,13H,3,7,12H2,(H3,22,23)(H,24,25). The van der Waals surface area contributed by atoms with Crippen molar-refractivity contribution in [1.82, 2.24) is 9.97 Å². The summed E-state index contributed by atoms with van der Waals surface area (Å²) in [4.78, 5) is 6.98. The number of ether oxygens (including phenoxy) is 1. The van der Waals surface area contributed by atoms with Gasteiger partial charge in [-0.05, 0) is 48.4 Å². The summed E-state index contributed by atoms with van der Waals surface area (Å²) in [5.41, 5.74) is 9.23. The summed E-state index contributed by atoms with van der Waals surface area (Å²) in [7, 11) is 0. The number of nitrogens with one attached hydrogen (secondary N) is 2. The third kappa shape index (κ3) is 4.00. The molecule has 0 spiro atoms. The van der Waals surface area contributed by atoms with E-state index in [9.17, 15) is 0 Å². The van der Waals surface area contributed by atoms with Gasteiger partial charge in [0, 0.05) is 17.4 Å². The van der Waals surface area contributed by atoms with Crippen molar-refractivity contribution in [2.45, 2.75) is 19.4 Å². The van der Waals surface area contributed by atoms with Gasteiger partial charge >= 0.3 is 0 Å². The van der Waals surface area contributed by atoms with Crippen molar-refractivity contribution in [2.75, 3.05) is 0 Å². The molecule has 0 bridgehead atoms. The average Bonchev–Trinajstić information content (AvgIpc) is 3.34. The van der Waals surface area contributed by atoms with E-state index in [1.807, 2.05) is 30.3 Å². The summed E-state index contributed by atoms with van der Waals surface area (Å²) in [5.74, 6) is 1.81. The summed E-state index contributed by atoms with van der Waals surface area (Å²) in [6.07, 6.45) is 5.07. The van der Waals surface area contributed by atoms with E-state index < -0.39 is 0 Å². The van der Waals surface area contributed by atoms with Crippen LogP contribution in [0.25, 0.3) is 11.0 Å². The minimum absolute atomic E-state index is 0.0643. The number of hydrogen-bond donors (Lipinski definition) is 3. The first kappa shape index (κ1) is 16.9. The Morgan fingerprint density at radius 3 is 2.70 bits per heavy atom. The van der Waals surface area contributed by atoms with Gasteiger partial charge in [-0.15, -0.1) is 0 Å². The number of nitrogen functional groups attached to an aromatic ring is 1. The Labute approximate surface area is 156 Å². The van der Waals surface area contributed by atoms with Crippen LogP contribution in [0.4, 0.5) is 0 Å². The van der Waals surface area contributed by atoms with Gasteiger partial charge in [-0.1, -0.05) is 12.1 Å². The molecule has 4 rings (SSSR count). The van der Waals surface area contributed by atoms with Crippen molar-refractivity contribution < 1.29 is 9.15 Å². The lowest BCUT2D eigenvalue weighted by Gasteiger charge is -2.06. The maximum absolute atomic E-state index is 7.53. The molecule has 4 N–H and O–H groups in total. The lowest BCUT2D eigenvalue weighted by atomic mass is 10.1. The van der Waals surface area contributed by atoms with Crippen molar-refractivity contribution in [3.63, 3.8) is 0 Å². The minimum atomic E-state index is 0.0643. The van der Waals surface area contributed by atoms with E-state index in [1.165, 1.54) is 5.56 Å². The van der Waals surface area contributed by atoms with Crippen LogP contribution in [0.3, 0.4) is 0 Å². The van der Waals surface area contributed by atoms with Gasteiger partial charge in [0.25, 0.3) is 0 Å². The number of hydrogen-bond acceptors (Lipinski definition) is 4. The highest BCUT2D eigenvalue weighted by Crippen LogP contribution is 2.22. The molecular weight excluding hydrogens is 340 g/mol. The number of aromatic amines is 1. The number of nitrogens with two attached hydrogens (primary N) is 1. The molecule has 0 atom stereocenters. The molecule has 6 heteroatoms. The molecule has 0 radical (unpaired) electrons. The molecule has 6 nitrogen and oxygen atoms in total. The first-order chi connectivity index (χ1) is 13.2. The number of aryl methyl sites for hydroxylation is 2. The van der Waals surface area contributed by atoms with Crippen LogP contribution >= 0.6 is 0 Å². The summed E-state index contributed by atoms with van der Waals surface area (Å²) in [5, 5.41) is 8.50. The second-order valence-corrected chi connectivity index (χ2v) is 6.39. The van der Waals surface area contributed by atoms with Crippen molar-refractivity contribution in [1.29, 1.82) is 5.41 Å². The number of rotatable bonds is 7. The van der Waals surface area contributed by atoms with Crippen LogP contribution in [0.5, 0.6) is 5.75 Å². The fourth-order valence-electron chi connectivity index (χ4n) is 2.93. The molecule has 2 aromatic carbocycles. The molecule has 0 amide bonds. The number of H-pyrrole nitrogens is 1.